The Kier molecular flexibility index (Phi) is 14.4. The van der Waals surface area contributed by atoms with Crippen LogP contribution in [0.1, 0.15) is 84.5 Å². The van der Waals surface area contributed by atoms with Gasteiger partial charge in [-0.25, -0.2) is 0 Å². The van der Waals surface area contributed by atoms with E-state index < -0.39 is 0 Å². The molecule has 0 amide bonds. The first-order valence-electron chi connectivity index (χ1n) is 8.47. The molecule has 0 spiro atoms. The van der Waals surface area contributed by atoms with Gasteiger partial charge in [0.15, 0.2) is 0 Å². The molecule has 0 bridgehead atoms. The van der Waals surface area contributed by atoms with E-state index in [0.29, 0.717) is 13.0 Å². The molecule has 0 aliphatic rings. The van der Waals surface area contributed by atoms with E-state index >= 15 is 0 Å². The summed E-state index contributed by atoms with van der Waals surface area (Å²) in [7, 11) is 0. The van der Waals surface area contributed by atoms with Gasteiger partial charge >= 0.3 is 5.97 Å². The Morgan fingerprint density at radius 2 is 1.45 bits per heavy atom. The zero-order chi connectivity index (χ0) is 15.1. The van der Waals surface area contributed by atoms with Crippen LogP contribution >= 0.6 is 0 Å². The van der Waals surface area contributed by atoms with Crippen molar-refractivity contribution in [1.82, 2.24) is 0 Å². The molecule has 3 heteroatoms. The van der Waals surface area contributed by atoms with Gasteiger partial charge in [0.25, 0.3) is 0 Å². The summed E-state index contributed by atoms with van der Waals surface area (Å²) in [5, 5.41) is 8.82. The lowest BCUT2D eigenvalue weighted by Crippen LogP contribution is -2.14. The number of hydrogen-bond donors (Lipinski definition) is 1. The number of ether oxygens (including phenoxy) is 1. The van der Waals surface area contributed by atoms with E-state index in [2.05, 4.69) is 6.92 Å². The number of carbonyl (C=O) groups excluding carboxylic acids is 1. The minimum absolute atomic E-state index is 0.0478. The van der Waals surface area contributed by atoms with Crippen LogP contribution in [0, 0.1) is 5.92 Å². The lowest BCUT2D eigenvalue weighted by molar-refractivity contribution is -0.145. The molecule has 3 nitrogen and oxygen atoms in total. The van der Waals surface area contributed by atoms with Gasteiger partial charge in [-0.2, -0.15) is 0 Å². The Morgan fingerprint density at radius 3 is 1.95 bits per heavy atom. The van der Waals surface area contributed by atoms with Gasteiger partial charge in [0, 0.05) is 18.9 Å². The Bertz CT molecular complexity index is 216. The highest BCUT2D eigenvalue weighted by Crippen LogP contribution is 2.11. The molecule has 0 radical (unpaired) electrons. The number of carbonyl (C=O) groups is 1. The van der Waals surface area contributed by atoms with Crippen LogP contribution in [0.3, 0.4) is 0 Å². The lowest BCUT2D eigenvalue weighted by atomic mass is 10.1. The van der Waals surface area contributed by atoms with Crippen LogP contribution in [-0.2, 0) is 9.53 Å². The minimum Gasteiger partial charge on any atom is -0.465 e. The Morgan fingerprint density at radius 1 is 0.950 bits per heavy atom. The van der Waals surface area contributed by atoms with Crippen molar-refractivity contribution in [1.29, 1.82) is 0 Å². The molecule has 0 saturated carbocycles. The molecule has 0 aromatic heterocycles. The average Bonchev–Trinajstić information content (AvgIpc) is 2.46. The van der Waals surface area contributed by atoms with Crippen molar-refractivity contribution < 1.29 is 14.6 Å². The number of hydrogen-bond acceptors (Lipinski definition) is 3. The summed E-state index contributed by atoms with van der Waals surface area (Å²) in [6.45, 7) is 4.53. The van der Waals surface area contributed by atoms with Gasteiger partial charge in [-0.05, 0) is 6.42 Å². The molecular formula is C17H34O3. The molecule has 0 fully saturated rings. The fourth-order valence-electron chi connectivity index (χ4n) is 2.12. The highest BCUT2D eigenvalue weighted by atomic mass is 16.5. The standard InChI is InChI=1S/C17H34O3/c1-3-4-5-6-7-8-9-10-11-12-13-17(19)20-15-16(2)14-18/h16,18H,3-15H2,1-2H3. The first-order chi connectivity index (χ1) is 9.70. The van der Waals surface area contributed by atoms with Gasteiger partial charge in [0.05, 0.1) is 6.61 Å². The molecule has 1 atom stereocenters. The molecule has 0 aliphatic heterocycles. The van der Waals surface area contributed by atoms with Crippen LogP contribution in [0.25, 0.3) is 0 Å². The van der Waals surface area contributed by atoms with E-state index in [9.17, 15) is 4.79 Å². The van der Waals surface area contributed by atoms with E-state index in [1.807, 2.05) is 6.92 Å². The summed E-state index contributed by atoms with van der Waals surface area (Å²) in [5.74, 6) is -0.0727. The van der Waals surface area contributed by atoms with Crippen molar-refractivity contribution in [3.8, 4) is 0 Å². The quantitative estimate of drug-likeness (QED) is 0.378. The topological polar surface area (TPSA) is 46.5 Å². The fourth-order valence-corrected chi connectivity index (χ4v) is 2.12. The molecule has 0 aliphatic carbocycles. The van der Waals surface area contributed by atoms with Crippen LogP contribution < -0.4 is 0 Å². The van der Waals surface area contributed by atoms with E-state index in [-0.39, 0.29) is 18.5 Å². The predicted molar refractivity (Wildman–Crippen MR) is 83.7 cm³/mol. The number of aliphatic hydroxyl groups excluding tert-OH is 1. The van der Waals surface area contributed by atoms with Gasteiger partial charge in [0.2, 0.25) is 0 Å². The van der Waals surface area contributed by atoms with Gasteiger partial charge in [0.1, 0.15) is 0 Å². The number of aliphatic hydroxyl groups is 1. The zero-order valence-electron chi connectivity index (χ0n) is 13.5. The molecule has 0 saturated heterocycles. The molecule has 0 heterocycles. The molecule has 0 rings (SSSR count). The third-order valence-electron chi connectivity index (χ3n) is 3.57. The van der Waals surface area contributed by atoms with Crippen LogP contribution in [0.15, 0.2) is 0 Å². The van der Waals surface area contributed by atoms with Crippen molar-refractivity contribution in [2.45, 2.75) is 84.5 Å². The van der Waals surface area contributed by atoms with Crippen molar-refractivity contribution in [2.75, 3.05) is 13.2 Å². The van der Waals surface area contributed by atoms with Crippen molar-refractivity contribution in [3.05, 3.63) is 0 Å². The second-order valence-electron chi connectivity index (χ2n) is 5.90. The van der Waals surface area contributed by atoms with Crippen molar-refractivity contribution in [3.63, 3.8) is 0 Å². The maximum absolute atomic E-state index is 11.4. The van der Waals surface area contributed by atoms with E-state index in [1.165, 1.54) is 51.4 Å². The normalized spacial score (nSPS) is 12.3. The van der Waals surface area contributed by atoms with E-state index in [0.717, 1.165) is 12.8 Å². The van der Waals surface area contributed by atoms with Gasteiger partial charge in [-0.3, -0.25) is 4.79 Å². The summed E-state index contributed by atoms with van der Waals surface area (Å²) in [4.78, 5) is 11.4. The third-order valence-corrected chi connectivity index (χ3v) is 3.57. The van der Waals surface area contributed by atoms with Gasteiger partial charge in [-0.1, -0.05) is 71.6 Å². The Balaban J connectivity index is 3.17. The summed E-state index contributed by atoms with van der Waals surface area (Å²) in [5.41, 5.74) is 0. The Labute approximate surface area is 125 Å². The molecule has 0 aromatic rings. The minimum atomic E-state index is -0.120. The zero-order valence-corrected chi connectivity index (χ0v) is 13.5. The maximum atomic E-state index is 11.4. The molecule has 120 valence electrons. The van der Waals surface area contributed by atoms with Gasteiger partial charge < -0.3 is 9.84 Å². The summed E-state index contributed by atoms with van der Waals surface area (Å²) in [6, 6.07) is 0. The maximum Gasteiger partial charge on any atom is 0.305 e. The highest BCUT2D eigenvalue weighted by Gasteiger charge is 2.06. The molecule has 20 heavy (non-hydrogen) atoms. The molecule has 1 N–H and O–H groups in total. The SMILES string of the molecule is CCCCCCCCCCCCC(=O)OCC(C)CO. The first kappa shape index (κ1) is 19.4. The number of rotatable bonds is 14. The number of esters is 1. The van der Waals surface area contributed by atoms with Crippen LogP contribution in [0.5, 0.6) is 0 Å². The third kappa shape index (κ3) is 13.9. The average molecular weight is 286 g/mol. The van der Waals surface area contributed by atoms with E-state index in [1.54, 1.807) is 0 Å². The van der Waals surface area contributed by atoms with Gasteiger partial charge in [-0.15, -0.1) is 0 Å². The highest BCUT2D eigenvalue weighted by molar-refractivity contribution is 5.69. The van der Waals surface area contributed by atoms with E-state index in [4.69, 9.17) is 9.84 Å². The second-order valence-corrected chi connectivity index (χ2v) is 5.90. The lowest BCUT2D eigenvalue weighted by Gasteiger charge is -2.08. The molecule has 0 aromatic carbocycles. The van der Waals surface area contributed by atoms with Crippen LogP contribution in [-0.4, -0.2) is 24.3 Å². The summed E-state index contributed by atoms with van der Waals surface area (Å²) < 4.78 is 5.08. The predicted octanol–water partition coefficient (Wildman–Crippen LogP) is 4.47. The second kappa shape index (κ2) is 14.8. The van der Waals surface area contributed by atoms with Crippen molar-refractivity contribution >= 4 is 5.97 Å². The largest absolute Gasteiger partial charge is 0.465 e. The number of unbranched alkanes of at least 4 members (excludes halogenated alkanes) is 9. The first-order valence-corrected chi connectivity index (χ1v) is 8.47. The monoisotopic (exact) mass is 286 g/mol. The smallest absolute Gasteiger partial charge is 0.305 e. The Hall–Kier alpha value is -0.570. The summed E-state index contributed by atoms with van der Waals surface area (Å²) in [6.07, 6.45) is 13.2. The molecule has 1 unspecified atom stereocenters. The van der Waals surface area contributed by atoms with Crippen LogP contribution in [0.4, 0.5) is 0 Å². The fraction of sp³-hybridized carbons (Fsp3) is 0.941. The molecular weight excluding hydrogens is 252 g/mol. The van der Waals surface area contributed by atoms with Crippen LogP contribution in [0.2, 0.25) is 0 Å². The summed E-state index contributed by atoms with van der Waals surface area (Å²) >= 11 is 0. The van der Waals surface area contributed by atoms with Crippen molar-refractivity contribution in [2.24, 2.45) is 5.92 Å².